The number of nitrogens with zero attached hydrogens (tertiary/aromatic N) is 1. The molecule has 8 heteroatoms. The lowest BCUT2D eigenvalue weighted by atomic mass is 10.0. The summed E-state index contributed by atoms with van der Waals surface area (Å²) in [7, 11) is 0. The second-order valence-corrected chi connectivity index (χ2v) is 10.4. The second-order valence-electron chi connectivity index (χ2n) is 8.95. The molecule has 0 radical (unpaired) electrons. The molecule has 1 atom stereocenters. The summed E-state index contributed by atoms with van der Waals surface area (Å²) in [4.78, 5) is 27.2. The van der Waals surface area contributed by atoms with E-state index in [1.807, 2.05) is 34.9 Å². The van der Waals surface area contributed by atoms with Gasteiger partial charge in [0.2, 0.25) is 18.6 Å². The highest BCUT2D eigenvalue weighted by Gasteiger charge is 2.44. The molecule has 1 aromatic carbocycles. The van der Waals surface area contributed by atoms with Gasteiger partial charge in [0.15, 0.2) is 11.5 Å². The highest BCUT2D eigenvalue weighted by Crippen LogP contribution is 2.39. The monoisotopic (exact) mass is 461 g/mol. The number of hydrogen-bond donors (Lipinski definition) is 2. The van der Waals surface area contributed by atoms with Gasteiger partial charge in [-0.1, -0.05) is 38.7 Å². The zero-order valence-corrected chi connectivity index (χ0v) is 19.8. The molecule has 0 aliphatic carbocycles. The van der Waals surface area contributed by atoms with Crippen molar-refractivity contribution in [1.82, 2.24) is 15.5 Å². The lowest BCUT2D eigenvalue weighted by Gasteiger charge is -2.39. The number of rotatable bonds is 9. The molecule has 7 nitrogen and oxygen atoms in total. The van der Waals surface area contributed by atoms with Crippen LogP contribution in [0.25, 0.3) is 0 Å². The van der Waals surface area contributed by atoms with Crippen molar-refractivity contribution >= 4 is 23.6 Å². The first-order valence-corrected chi connectivity index (χ1v) is 12.9. The third-order valence-electron chi connectivity index (χ3n) is 6.60. The average molecular weight is 462 g/mol. The molecule has 4 rings (SSSR count). The van der Waals surface area contributed by atoms with E-state index in [0.717, 1.165) is 61.6 Å². The van der Waals surface area contributed by atoms with E-state index in [9.17, 15) is 9.59 Å². The fourth-order valence-electron chi connectivity index (χ4n) is 4.59. The molecule has 3 aliphatic heterocycles. The summed E-state index contributed by atoms with van der Waals surface area (Å²) in [6.45, 7) is 4.47. The molecule has 3 aliphatic rings. The Hall–Kier alpha value is -1.93. The Morgan fingerprint density at radius 3 is 2.75 bits per heavy atom. The molecule has 3 heterocycles. The highest BCUT2D eigenvalue weighted by molar-refractivity contribution is 8.01. The van der Waals surface area contributed by atoms with Gasteiger partial charge in [0.05, 0.1) is 10.9 Å². The summed E-state index contributed by atoms with van der Waals surface area (Å²) in [6, 6.07) is 5.54. The Kier molecular flexibility index (Phi) is 7.84. The molecule has 1 aromatic rings. The van der Waals surface area contributed by atoms with Crippen LogP contribution in [-0.4, -0.2) is 53.3 Å². The predicted molar refractivity (Wildman–Crippen MR) is 126 cm³/mol. The van der Waals surface area contributed by atoms with Crippen LogP contribution < -0.4 is 20.1 Å². The van der Waals surface area contributed by atoms with Crippen molar-refractivity contribution in [3.63, 3.8) is 0 Å². The quantitative estimate of drug-likeness (QED) is 0.549. The topological polar surface area (TPSA) is 79.9 Å². The summed E-state index contributed by atoms with van der Waals surface area (Å²) in [5.41, 5.74) is 0.990. The van der Waals surface area contributed by atoms with Crippen LogP contribution in [0.2, 0.25) is 0 Å². The maximum atomic E-state index is 12.7. The lowest BCUT2D eigenvalue weighted by Crippen LogP contribution is -2.54. The first-order chi connectivity index (χ1) is 15.6. The van der Waals surface area contributed by atoms with Crippen LogP contribution in [-0.2, 0) is 16.1 Å². The standard InChI is InChI=1S/C24H35N3O4S/c1-2-3-4-5-6-7-22(28)27-12-10-24(11-13-27)26-19(16-32-24)23(29)25-15-18-8-9-20-21(14-18)31-17-30-20/h8-9,14,19,26H,2-7,10-13,15-17H2,1H3,(H,25,29). The largest absolute Gasteiger partial charge is 0.454 e. The normalized spacial score (nSPS) is 21.2. The Morgan fingerprint density at radius 2 is 1.94 bits per heavy atom. The van der Waals surface area contributed by atoms with Crippen LogP contribution >= 0.6 is 11.8 Å². The van der Waals surface area contributed by atoms with Crippen molar-refractivity contribution in [1.29, 1.82) is 0 Å². The number of carbonyl (C=O) groups is 2. The molecule has 0 bridgehead atoms. The first-order valence-electron chi connectivity index (χ1n) is 11.9. The molecule has 176 valence electrons. The van der Waals surface area contributed by atoms with E-state index in [2.05, 4.69) is 17.6 Å². The molecule has 2 saturated heterocycles. The fourth-order valence-corrected chi connectivity index (χ4v) is 6.01. The van der Waals surface area contributed by atoms with Crippen molar-refractivity contribution in [2.75, 3.05) is 25.6 Å². The minimum Gasteiger partial charge on any atom is -0.454 e. The van der Waals surface area contributed by atoms with E-state index >= 15 is 0 Å². The third-order valence-corrected chi connectivity index (χ3v) is 8.18. The van der Waals surface area contributed by atoms with Crippen LogP contribution in [0.5, 0.6) is 11.5 Å². The molecule has 0 saturated carbocycles. The van der Waals surface area contributed by atoms with Gasteiger partial charge < -0.3 is 19.7 Å². The van der Waals surface area contributed by atoms with E-state index < -0.39 is 0 Å². The lowest BCUT2D eigenvalue weighted by molar-refractivity contribution is -0.132. The van der Waals surface area contributed by atoms with Crippen LogP contribution in [0.3, 0.4) is 0 Å². The summed E-state index contributed by atoms with van der Waals surface area (Å²) in [5, 5.41) is 6.62. The number of thioether (sulfide) groups is 1. The van der Waals surface area contributed by atoms with Gasteiger partial charge in [0, 0.05) is 31.8 Å². The number of ether oxygens (including phenoxy) is 2. The molecule has 1 spiro atoms. The van der Waals surface area contributed by atoms with E-state index in [0.29, 0.717) is 13.0 Å². The fraction of sp³-hybridized carbons (Fsp3) is 0.667. The number of likely N-dealkylation sites (tertiary alicyclic amines) is 1. The number of piperidine rings is 1. The Morgan fingerprint density at radius 1 is 1.16 bits per heavy atom. The number of hydrogen-bond acceptors (Lipinski definition) is 6. The smallest absolute Gasteiger partial charge is 0.238 e. The van der Waals surface area contributed by atoms with Gasteiger partial charge >= 0.3 is 0 Å². The predicted octanol–water partition coefficient (Wildman–Crippen LogP) is 3.42. The van der Waals surface area contributed by atoms with E-state index in [4.69, 9.17) is 9.47 Å². The Balaban J connectivity index is 1.18. The van der Waals surface area contributed by atoms with Crippen molar-refractivity contribution in [3.05, 3.63) is 23.8 Å². The second kappa shape index (κ2) is 10.8. The molecule has 2 fully saturated rings. The van der Waals surface area contributed by atoms with Crippen molar-refractivity contribution in [2.45, 2.75) is 75.7 Å². The van der Waals surface area contributed by atoms with Crippen molar-refractivity contribution < 1.29 is 19.1 Å². The number of amides is 2. The van der Waals surface area contributed by atoms with Gasteiger partial charge in [-0.2, -0.15) is 0 Å². The zero-order valence-electron chi connectivity index (χ0n) is 19.0. The molecule has 2 amide bonds. The molecule has 0 aromatic heterocycles. The summed E-state index contributed by atoms with van der Waals surface area (Å²) in [6.07, 6.45) is 8.32. The van der Waals surface area contributed by atoms with Crippen LogP contribution in [0.1, 0.15) is 63.9 Å². The number of unbranched alkanes of at least 4 members (excludes halogenated alkanes) is 4. The van der Waals surface area contributed by atoms with Crippen LogP contribution in [0, 0.1) is 0 Å². The molecular weight excluding hydrogens is 426 g/mol. The first kappa shape index (κ1) is 23.2. The molecule has 1 unspecified atom stereocenters. The number of fused-ring (bicyclic) bond motifs is 1. The van der Waals surface area contributed by atoms with Gasteiger partial charge in [0.25, 0.3) is 0 Å². The SMILES string of the molecule is CCCCCCCC(=O)N1CCC2(CC1)NC(C(=O)NCc1ccc3c(c1)OCO3)CS2. The molecule has 2 N–H and O–H groups in total. The number of benzene rings is 1. The van der Waals surface area contributed by atoms with Gasteiger partial charge in [0.1, 0.15) is 0 Å². The summed E-state index contributed by atoms with van der Waals surface area (Å²) in [5.74, 6) is 2.55. The zero-order chi connectivity index (χ0) is 22.4. The Bertz CT molecular complexity index is 810. The third kappa shape index (κ3) is 5.70. The number of nitrogens with one attached hydrogen (secondary N) is 2. The average Bonchev–Trinajstić information content (AvgIpc) is 3.45. The highest BCUT2D eigenvalue weighted by atomic mass is 32.2. The molecule has 32 heavy (non-hydrogen) atoms. The van der Waals surface area contributed by atoms with Gasteiger partial charge in [-0.25, -0.2) is 0 Å². The summed E-state index contributed by atoms with van der Waals surface area (Å²) >= 11 is 1.83. The van der Waals surface area contributed by atoms with Crippen LogP contribution in [0.4, 0.5) is 0 Å². The van der Waals surface area contributed by atoms with Gasteiger partial charge in [-0.3, -0.25) is 14.9 Å². The maximum absolute atomic E-state index is 12.7. The van der Waals surface area contributed by atoms with Crippen LogP contribution in [0.15, 0.2) is 18.2 Å². The van der Waals surface area contributed by atoms with Gasteiger partial charge in [-0.15, -0.1) is 11.8 Å². The minimum atomic E-state index is -0.199. The maximum Gasteiger partial charge on any atom is 0.238 e. The van der Waals surface area contributed by atoms with E-state index in [1.54, 1.807) is 0 Å². The van der Waals surface area contributed by atoms with Crippen molar-refractivity contribution in [3.8, 4) is 11.5 Å². The summed E-state index contributed by atoms with van der Waals surface area (Å²) < 4.78 is 10.7. The van der Waals surface area contributed by atoms with Gasteiger partial charge in [-0.05, 0) is 37.0 Å². The number of carbonyl (C=O) groups excluding carboxylic acids is 2. The van der Waals surface area contributed by atoms with E-state index in [-0.39, 0.29) is 29.5 Å². The van der Waals surface area contributed by atoms with E-state index in [1.165, 1.54) is 19.3 Å². The Labute approximate surface area is 195 Å². The van der Waals surface area contributed by atoms with Crippen molar-refractivity contribution in [2.24, 2.45) is 0 Å². The molecular formula is C24H35N3O4S. The minimum absolute atomic E-state index is 0.0256.